The predicted octanol–water partition coefficient (Wildman–Crippen LogP) is 4.26. The van der Waals surface area contributed by atoms with Crippen LogP contribution in [0.5, 0.6) is 0 Å². The van der Waals surface area contributed by atoms with E-state index in [1.165, 1.54) is 24.3 Å². The summed E-state index contributed by atoms with van der Waals surface area (Å²) in [5.74, 6) is -1.44. The van der Waals surface area contributed by atoms with Gasteiger partial charge in [0.2, 0.25) is 5.91 Å². The van der Waals surface area contributed by atoms with E-state index in [1.54, 1.807) is 24.3 Å². The number of hydrogen-bond acceptors (Lipinski definition) is 4. The van der Waals surface area contributed by atoms with E-state index in [-0.39, 0.29) is 15.9 Å². The first-order chi connectivity index (χ1) is 12.4. The molecular weight excluding hydrogens is 423 g/mol. The van der Waals surface area contributed by atoms with Gasteiger partial charge >= 0.3 is 0 Å². The van der Waals surface area contributed by atoms with Crippen LogP contribution in [0.25, 0.3) is 6.08 Å². The molecule has 0 aromatic heterocycles. The number of hydrogen-bond donors (Lipinski definition) is 1. The summed E-state index contributed by atoms with van der Waals surface area (Å²) in [5, 5.41) is 2.10. The maximum atomic E-state index is 13.3. The SMILES string of the molecule is O=C(CN1C(=O)S/C(=C/c2ccc(F)c(Br)c2)C1=O)Nc1ccccc1. The van der Waals surface area contributed by atoms with Crippen LogP contribution in [0, 0.1) is 5.82 Å². The van der Waals surface area contributed by atoms with Crippen LogP contribution < -0.4 is 5.32 Å². The average Bonchev–Trinajstić information content (AvgIpc) is 2.86. The van der Waals surface area contributed by atoms with Crippen LogP contribution in [-0.2, 0) is 9.59 Å². The van der Waals surface area contributed by atoms with E-state index in [4.69, 9.17) is 0 Å². The summed E-state index contributed by atoms with van der Waals surface area (Å²) in [5.41, 5.74) is 1.15. The summed E-state index contributed by atoms with van der Waals surface area (Å²) >= 11 is 3.82. The van der Waals surface area contributed by atoms with E-state index in [9.17, 15) is 18.8 Å². The van der Waals surface area contributed by atoms with Crippen molar-refractivity contribution in [3.05, 3.63) is 69.3 Å². The molecule has 3 rings (SSSR count). The molecule has 0 saturated carbocycles. The van der Waals surface area contributed by atoms with Gasteiger partial charge in [0.15, 0.2) is 0 Å². The molecule has 0 unspecified atom stereocenters. The minimum atomic E-state index is -0.552. The van der Waals surface area contributed by atoms with Crippen molar-refractivity contribution in [1.82, 2.24) is 4.90 Å². The molecule has 2 aromatic carbocycles. The Morgan fingerprint density at radius 3 is 2.62 bits per heavy atom. The maximum Gasteiger partial charge on any atom is 0.294 e. The maximum absolute atomic E-state index is 13.3. The van der Waals surface area contributed by atoms with Crippen molar-refractivity contribution in [2.45, 2.75) is 0 Å². The van der Waals surface area contributed by atoms with Gasteiger partial charge in [-0.05, 0) is 63.6 Å². The molecule has 1 N–H and O–H groups in total. The molecule has 132 valence electrons. The number of nitrogens with zero attached hydrogens (tertiary/aromatic N) is 1. The fraction of sp³-hybridized carbons (Fsp3) is 0.0556. The average molecular weight is 435 g/mol. The molecule has 1 aliphatic rings. The molecule has 8 heteroatoms. The number of anilines is 1. The number of rotatable bonds is 4. The largest absolute Gasteiger partial charge is 0.325 e. The summed E-state index contributed by atoms with van der Waals surface area (Å²) in [4.78, 5) is 37.6. The smallest absolute Gasteiger partial charge is 0.294 e. The Hall–Kier alpha value is -2.45. The van der Waals surface area contributed by atoms with Crippen LogP contribution in [0.15, 0.2) is 57.9 Å². The first-order valence-electron chi connectivity index (χ1n) is 7.49. The molecular formula is C18H12BrFN2O3S. The van der Waals surface area contributed by atoms with Gasteiger partial charge in [-0.1, -0.05) is 24.3 Å². The van der Waals surface area contributed by atoms with Gasteiger partial charge in [0.05, 0.1) is 9.38 Å². The number of halogens is 2. The lowest BCUT2D eigenvalue weighted by Crippen LogP contribution is -2.36. The predicted molar refractivity (Wildman–Crippen MR) is 102 cm³/mol. The van der Waals surface area contributed by atoms with Crippen molar-refractivity contribution < 1.29 is 18.8 Å². The van der Waals surface area contributed by atoms with E-state index < -0.39 is 22.9 Å². The van der Waals surface area contributed by atoms with Crippen LogP contribution in [0.1, 0.15) is 5.56 Å². The molecule has 0 aliphatic carbocycles. The molecule has 3 amide bonds. The monoisotopic (exact) mass is 434 g/mol. The highest BCUT2D eigenvalue weighted by Crippen LogP contribution is 2.32. The number of para-hydroxylation sites is 1. The number of benzene rings is 2. The van der Waals surface area contributed by atoms with Crippen LogP contribution in [0.4, 0.5) is 14.9 Å². The second-order valence-corrected chi connectivity index (χ2v) is 7.20. The molecule has 1 saturated heterocycles. The van der Waals surface area contributed by atoms with Gasteiger partial charge in [-0.2, -0.15) is 0 Å². The Kier molecular flexibility index (Phi) is 5.53. The number of carbonyl (C=O) groups excluding carboxylic acids is 3. The molecule has 26 heavy (non-hydrogen) atoms. The topological polar surface area (TPSA) is 66.5 Å². The fourth-order valence-electron chi connectivity index (χ4n) is 2.26. The third-order valence-corrected chi connectivity index (χ3v) is 4.99. The third kappa shape index (κ3) is 4.20. The van der Waals surface area contributed by atoms with E-state index in [2.05, 4.69) is 21.2 Å². The van der Waals surface area contributed by atoms with Crippen LogP contribution in [0.3, 0.4) is 0 Å². The minimum Gasteiger partial charge on any atom is -0.325 e. The van der Waals surface area contributed by atoms with Gasteiger partial charge in [0.1, 0.15) is 12.4 Å². The van der Waals surface area contributed by atoms with E-state index in [1.807, 2.05) is 6.07 Å². The Balaban J connectivity index is 1.71. The van der Waals surface area contributed by atoms with Gasteiger partial charge in [-0.3, -0.25) is 19.3 Å². The molecule has 0 spiro atoms. The summed E-state index contributed by atoms with van der Waals surface area (Å²) in [6.45, 7) is -0.371. The van der Waals surface area contributed by atoms with Crippen molar-refractivity contribution >= 4 is 56.5 Å². The highest BCUT2D eigenvalue weighted by atomic mass is 79.9. The Labute approximate surface area is 161 Å². The standard InChI is InChI=1S/C18H12BrFN2O3S/c19-13-8-11(6-7-14(13)20)9-15-17(24)22(18(25)26-15)10-16(23)21-12-4-2-1-3-5-12/h1-9H,10H2,(H,21,23)/b15-9+. The molecule has 0 radical (unpaired) electrons. The zero-order valence-corrected chi connectivity index (χ0v) is 15.6. The Bertz CT molecular complexity index is 918. The second kappa shape index (κ2) is 7.84. The molecule has 0 bridgehead atoms. The first kappa shape index (κ1) is 18.3. The van der Waals surface area contributed by atoms with Gasteiger partial charge in [-0.25, -0.2) is 4.39 Å². The molecule has 0 atom stereocenters. The lowest BCUT2D eigenvalue weighted by Gasteiger charge is -2.12. The number of imide groups is 1. The summed E-state index contributed by atoms with van der Waals surface area (Å²) in [7, 11) is 0. The van der Waals surface area contributed by atoms with Gasteiger partial charge in [-0.15, -0.1) is 0 Å². The fourth-order valence-corrected chi connectivity index (χ4v) is 3.49. The Morgan fingerprint density at radius 1 is 1.19 bits per heavy atom. The number of nitrogens with one attached hydrogen (secondary N) is 1. The van der Waals surface area contributed by atoms with E-state index in [0.29, 0.717) is 11.3 Å². The zero-order valence-electron chi connectivity index (χ0n) is 13.2. The highest BCUT2D eigenvalue weighted by molar-refractivity contribution is 9.10. The summed E-state index contributed by atoms with van der Waals surface area (Å²) < 4.78 is 13.5. The summed E-state index contributed by atoms with van der Waals surface area (Å²) in [6, 6.07) is 13.0. The zero-order chi connectivity index (χ0) is 18.7. The normalized spacial score (nSPS) is 15.6. The first-order valence-corrected chi connectivity index (χ1v) is 9.10. The lowest BCUT2D eigenvalue weighted by atomic mass is 10.2. The van der Waals surface area contributed by atoms with Crippen LogP contribution >= 0.6 is 27.7 Å². The lowest BCUT2D eigenvalue weighted by molar-refractivity contribution is -0.127. The number of thioether (sulfide) groups is 1. The van der Waals surface area contributed by atoms with Gasteiger partial charge in [0, 0.05) is 5.69 Å². The highest BCUT2D eigenvalue weighted by Gasteiger charge is 2.36. The van der Waals surface area contributed by atoms with Crippen molar-refractivity contribution in [1.29, 1.82) is 0 Å². The van der Waals surface area contributed by atoms with Crippen LogP contribution in [-0.4, -0.2) is 28.5 Å². The van der Waals surface area contributed by atoms with Crippen molar-refractivity contribution in [3.63, 3.8) is 0 Å². The van der Waals surface area contributed by atoms with E-state index in [0.717, 1.165) is 16.7 Å². The molecule has 5 nitrogen and oxygen atoms in total. The molecule has 1 fully saturated rings. The minimum absolute atomic E-state index is 0.181. The van der Waals surface area contributed by atoms with Crippen molar-refractivity contribution in [3.8, 4) is 0 Å². The van der Waals surface area contributed by atoms with Gasteiger partial charge < -0.3 is 5.32 Å². The number of carbonyl (C=O) groups is 3. The summed E-state index contributed by atoms with van der Waals surface area (Å²) in [6.07, 6.45) is 1.49. The molecule has 1 aliphatic heterocycles. The number of amides is 3. The van der Waals surface area contributed by atoms with Crippen molar-refractivity contribution in [2.24, 2.45) is 0 Å². The Morgan fingerprint density at radius 2 is 1.92 bits per heavy atom. The van der Waals surface area contributed by atoms with Crippen LogP contribution in [0.2, 0.25) is 0 Å². The van der Waals surface area contributed by atoms with E-state index >= 15 is 0 Å². The van der Waals surface area contributed by atoms with Gasteiger partial charge in [0.25, 0.3) is 11.1 Å². The third-order valence-electron chi connectivity index (χ3n) is 3.47. The van der Waals surface area contributed by atoms with Crippen molar-refractivity contribution in [2.75, 3.05) is 11.9 Å². The molecule has 2 aromatic rings. The molecule has 1 heterocycles. The second-order valence-electron chi connectivity index (χ2n) is 5.36. The quantitative estimate of drug-likeness (QED) is 0.729.